The van der Waals surface area contributed by atoms with Crippen LogP contribution in [-0.4, -0.2) is 51.9 Å². The van der Waals surface area contributed by atoms with Gasteiger partial charge in [0, 0.05) is 29.4 Å². The predicted molar refractivity (Wildman–Crippen MR) is 114 cm³/mol. The minimum Gasteiger partial charge on any atom is -0.331 e. The highest BCUT2D eigenvalue weighted by atomic mass is 32.1. The number of thiazole rings is 1. The highest BCUT2D eigenvalue weighted by molar-refractivity contribution is 7.09. The molecule has 154 valence electrons. The van der Waals surface area contributed by atoms with Crippen LogP contribution in [0.5, 0.6) is 0 Å². The summed E-state index contributed by atoms with van der Waals surface area (Å²) >= 11 is 1.74. The van der Waals surface area contributed by atoms with E-state index in [-0.39, 0.29) is 5.91 Å². The smallest absolute Gasteiger partial charge is 0.273 e. The molecule has 4 nitrogen and oxygen atoms in total. The quantitative estimate of drug-likeness (QED) is 0.680. The molecule has 0 spiro atoms. The molecular formula is C23H35N3OS. The zero-order valence-corrected chi connectivity index (χ0v) is 18.0. The zero-order chi connectivity index (χ0) is 18.9. The van der Waals surface area contributed by atoms with Gasteiger partial charge in [0.2, 0.25) is 0 Å². The largest absolute Gasteiger partial charge is 0.331 e. The van der Waals surface area contributed by atoms with Crippen molar-refractivity contribution >= 4 is 17.2 Å². The van der Waals surface area contributed by atoms with E-state index >= 15 is 0 Å². The third-order valence-electron chi connectivity index (χ3n) is 7.60. The lowest BCUT2D eigenvalue weighted by Gasteiger charge is -2.35. The summed E-state index contributed by atoms with van der Waals surface area (Å²) in [5, 5.41) is 3.27. The van der Waals surface area contributed by atoms with Crippen LogP contribution in [0, 0.1) is 0 Å². The van der Waals surface area contributed by atoms with E-state index in [9.17, 15) is 4.79 Å². The Kier molecular flexibility index (Phi) is 5.74. The summed E-state index contributed by atoms with van der Waals surface area (Å²) in [6.07, 6.45) is 16.7. The first kappa shape index (κ1) is 19.0. The van der Waals surface area contributed by atoms with Crippen molar-refractivity contribution in [3.63, 3.8) is 0 Å². The van der Waals surface area contributed by atoms with Crippen LogP contribution in [0.3, 0.4) is 0 Å². The molecule has 0 radical (unpaired) electrons. The summed E-state index contributed by atoms with van der Waals surface area (Å²) in [4.78, 5) is 23.2. The second kappa shape index (κ2) is 8.43. The normalized spacial score (nSPS) is 26.0. The molecule has 0 aromatic carbocycles. The van der Waals surface area contributed by atoms with Crippen LogP contribution in [0.25, 0.3) is 0 Å². The number of piperidine rings is 1. The van der Waals surface area contributed by atoms with E-state index in [2.05, 4.69) is 15.2 Å². The van der Waals surface area contributed by atoms with E-state index in [0.29, 0.717) is 18.0 Å². The first-order valence-electron chi connectivity index (χ1n) is 11.8. The first-order valence-corrected chi connectivity index (χ1v) is 12.7. The average Bonchev–Trinajstić information content (AvgIpc) is 3.23. The minimum atomic E-state index is 0.222. The monoisotopic (exact) mass is 401 g/mol. The Labute approximate surface area is 173 Å². The predicted octanol–water partition coefficient (Wildman–Crippen LogP) is 5.20. The molecule has 0 unspecified atom stereocenters. The van der Waals surface area contributed by atoms with Gasteiger partial charge in [-0.15, -0.1) is 11.3 Å². The summed E-state index contributed by atoms with van der Waals surface area (Å²) in [5.74, 6) is 0.786. The Morgan fingerprint density at radius 1 is 0.893 bits per heavy atom. The van der Waals surface area contributed by atoms with E-state index in [0.717, 1.165) is 11.7 Å². The minimum absolute atomic E-state index is 0.222. The Hall–Kier alpha value is -0.940. The number of carbonyl (C=O) groups is 1. The number of amides is 1. The molecule has 2 heterocycles. The van der Waals surface area contributed by atoms with Gasteiger partial charge >= 0.3 is 0 Å². The van der Waals surface area contributed by atoms with Crippen LogP contribution in [-0.2, 0) is 0 Å². The molecule has 1 aliphatic heterocycles. The topological polar surface area (TPSA) is 36.4 Å². The molecule has 1 aromatic heterocycles. The molecule has 4 aliphatic rings. The van der Waals surface area contributed by atoms with Gasteiger partial charge < -0.3 is 9.80 Å². The molecule has 0 N–H and O–H groups in total. The lowest BCUT2D eigenvalue weighted by molar-refractivity contribution is 0.0608. The molecule has 1 saturated heterocycles. The zero-order valence-electron chi connectivity index (χ0n) is 17.2. The number of hydrogen-bond acceptors (Lipinski definition) is 4. The SMILES string of the molecule is O=C(c1csc(C2CCN(C3CCCC3)CC2)n1)N(C1CCCCC1)C1CC1. The van der Waals surface area contributed by atoms with Crippen LogP contribution in [0.4, 0.5) is 0 Å². The molecule has 1 aromatic rings. The van der Waals surface area contributed by atoms with Crippen molar-refractivity contribution in [3.8, 4) is 0 Å². The number of carbonyl (C=O) groups excluding carboxylic acids is 1. The van der Waals surface area contributed by atoms with Crippen molar-refractivity contribution in [2.24, 2.45) is 0 Å². The van der Waals surface area contributed by atoms with Crippen molar-refractivity contribution in [1.29, 1.82) is 0 Å². The maximum Gasteiger partial charge on any atom is 0.273 e. The number of rotatable bonds is 5. The molecule has 5 heteroatoms. The Morgan fingerprint density at radius 2 is 1.54 bits per heavy atom. The Bertz CT molecular complexity index is 665. The number of likely N-dealkylation sites (tertiary alicyclic amines) is 1. The third kappa shape index (κ3) is 4.02. The fourth-order valence-corrected chi connectivity index (χ4v) is 6.79. The second-order valence-corrected chi connectivity index (χ2v) is 10.4. The van der Waals surface area contributed by atoms with Crippen molar-refractivity contribution in [2.45, 2.75) is 108 Å². The van der Waals surface area contributed by atoms with Crippen molar-refractivity contribution in [1.82, 2.24) is 14.8 Å². The molecule has 3 aliphatic carbocycles. The lowest BCUT2D eigenvalue weighted by Crippen LogP contribution is -2.43. The van der Waals surface area contributed by atoms with Crippen LogP contribution < -0.4 is 0 Å². The molecular weight excluding hydrogens is 366 g/mol. The molecule has 0 atom stereocenters. The van der Waals surface area contributed by atoms with Crippen molar-refractivity contribution in [2.75, 3.05) is 13.1 Å². The van der Waals surface area contributed by atoms with E-state index < -0.39 is 0 Å². The number of nitrogens with zero attached hydrogens (tertiary/aromatic N) is 3. The standard InChI is InChI=1S/C23H35N3OS/c27-23(26(20-10-11-20)19-8-2-1-3-9-19)21-16-28-22(24-21)17-12-14-25(15-13-17)18-6-4-5-7-18/h16-20H,1-15H2. The van der Waals surface area contributed by atoms with E-state index in [1.54, 1.807) is 11.3 Å². The van der Waals surface area contributed by atoms with Crippen LogP contribution >= 0.6 is 11.3 Å². The second-order valence-electron chi connectivity index (χ2n) is 9.55. The maximum atomic E-state index is 13.3. The molecule has 1 amide bonds. The third-order valence-corrected chi connectivity index (χ3v) is 8.61. The molecule has 0 bridgehead atoms. The van der Waals surface area contributed by atoms with Gasteiger partial charge in [-0.2, -0.15) is 0 Å². The van der Waals surface area contributed by atoms with Crippen LogP contribution in [0.2, 0.25) is 0 Å². The highest BCUT2D eigenvalue weighted by Gasteiger charge is 2.39. The van der Waals surface area contributed by atoms with E-state index in [1.165, 1.54) is 102 Å². The maximum absolute atomic E-state index is 13.3. The fraction of sp³-hybridized carbons (Fsp3) is 0.826. The van der Waals surface area contributed by atoms with Gasteiger partial charge in [0.25, 0.3) is 5.91 Å². The van der Waals surface area contributed by atoms with Crippen molar-refractivity contribution < 1.29 is 4.79 Å². The van der Waals surface area contributed by atoms with Gasteiger partial charge in [-0.25, -0.2) is 4.98 Å². The number of aromatic nitrogens is 1. The summed E-state index contributed by atoms with van der Waals surface area (Å²) in [6, 6.07) is 1.81. The molecule has 3 saturated carbocycles. The Morgan fingerprint density at radius 3 is 2.21 bits per heavy atom. The summed E-state index contributed by atoms with van der Waals surface area (Å²) in [5.41, 5.74) is 0.732. The van der Waals surface area contributed by atoms with Crippen molar-refractivity contribution in [3.05, 3.63) is 16.1 Å². The van der Waals surface area contributed by atoms with Gasteiger partial charge in [-0.3, -0.25) is 4.79 Å². The summed E-state index contributed by atoms with van der Waals surface area (Å²) < 4.78 is 0. The van der Waals surface area contributed by atoms with Gasteiger partial charge in [-0.05, 0) is 64.5 Å². The molecule has 4 fully saturated rings. The van der Waals surface area contributed by atoms with Gasteiger partial charge in [0.05, 0.1) is 5.01 Å². The van der Waals surface area contributed by atoms with Gasteiger partial charge in [-0.1, -0.05) is 32.1 Å². The van der Waals surface area contributed by atoms with Gasteiger partial charge in [0.15, 0.2) is 0 Å². The van der Waals surface area contributed by atoms with Crippen LogP contribution in [0.15, 0.2) is 5.38 Å². The van der Waals surface area contributed by atoms with Gasteiger partial charge in [0.1, 0.15) is 5.69 Å². The summed E-state index contributed by atoms with van der Waals surface area (Å²) in [6.45, 7) is 2.43. The van der Waals surface area contributed by atoms with E-state index in [1.807, 2.05) is 0 Å². The average molecular weight is 402 g/mol. The van der Waals surface area contributed by atoms with E-state index in [4.69, 9.17) is 4.98 Å². The highest BCUT2D eigenvalue weighted by Crippen LogP contribution is 2.37. The molecule has 28 heavy (non-hydrogen) atoms. The Balaban J connectivity index is 1.22. The molecule has 5 rings (SSSR count). The van der Waals surface area contributed by atoms with Crippen LogP contribution in [0.1, 0.15) is 105 Å². The summed E-state index contributed by atoms with van der Waals surface area (Å²) in [7, 11) is 0. The fourth-order valence-electron chi connectivity index (χ4n) is 5.83. The number of hydrogen-bond donors (Lipinski definition) is 0. The first-order chi connectivity index (χ1) is 13.8. The lowest BCUT2D eigenvalue weighted by atomic mass is 9.94.